The maximum atomic E-state index is 10.8. The first-order chi connectivity index (χ1) is 9.51. The number of rotatable bonds is 4. The van der Waals surface area contributed by atoms with Crippen LogP contribution in [0.5, 0.6) is 0 Å². The molecule has 1 aromatic heterocycles. The van der Waals surface area contributed by atoms with Crippen LogP contribution in [-0.4, -0.2) is 48.9 Å². The third kappa shape index (κ3) is 3.23. The van der Waals surface area contributed by atoms with E-state index in [1.165, 1.54) is 6.20 Å². The summed E-state index contributed by atoms with van der Waals surface area (Å²) in [6, 6.07) is 1.75. The van der Waals surface area contributed by atoms with E-state index in [1.807, 2.05) is 6.92 Å². The molecule has 0 N–H and O–H groups in total. The Balaban J connectivity index is 2.18. The lowest BCUT2D eigenvalue weighted by atomic mass is 10.2. The number of aromatic nitrogens is 1. The summed E-state index contributed by atoms with van der Waals surface area (Å²) in [7, 11) is 1.64. The van der Waals surface area contributed by atoms with Crippen molar-refractivity contribution in [2.75, 3.05) is 31.7 Å². The van der Waals surface area contributed by atoms with Crippen molar-refractivity contribution in [1.82, 2.24) is 4.98 Å². The molecule has 0 aromatic carbocycles. The molecular weight excluding hydrogens is 262 g/mol. The summed E-state index contributed by atoms with van der Waals surface area (Å²) in [5.41, 5.74) is 0.658. The SMILES string of the molecule is COCC1CN(c2cc(C)c([N+](=O)[O-])cn2)CC(C)O1. The summed E-state index contributed by atoms with van der Waals surface area (Å²) in [6.07, 6.45) is 1.37. The molecule has 1 saturated heterocycles. The second kappa shape index (κ2) is 6.15. The maximum Gasteiger partial charge on any atom is 0.290 e. The van der Waals surface area contributed by atoms with E-state index in [9.17, 15) is 10.1 Å². The molecule has 2 atom stereocenters. The van der Waals surface area contributed by atoms with Crippen molar-refractivity contribution in [2.45, 2.75) is 26.1 Å². The van der Waals surface area contributed by atoms with Crippen molar-refractivity contribution < 1.29 is 14.4 Å². The fraction of sp³-hybridized carbons (Fsp3) is 0.615. The van der Waals surface area contributed by atoms with Crippen molar-refractivity contribution in [1.29, 1.82) is 0 Å². The maximum absolute atomic E-state index is 10.8. The molecule has 0 aliphatic carbocycles. The first kappa shape index (κ1) is 14.7. The molecule has 1 fully saturated rings. The molecule has 0 radical (unpaired) electrons. The molecule has 1 aliphatic rings. The fourth-order valence-corrected chi connectivity index (χ4v) is 2.41. The van der Waals surface area contributed by atoms with Gasteiger partial charge in [0.25, 0.3) is 5.69 Å². The van der Waals surface area contributed by atoms with Crippen LogP contribution in [0, 0.1) is 17.0 Å². The zero-order chi connectivity index (χ0) is 14.7. The predicted molar refractivity (Wildman–Crippen MR) is 74.1 cm³/mol. The number of hydrogen-bond acceptors (Lipinski definition) is 6. The van der Waals surface area contributed by atoms with E-state index in [0.29, 0.717) is 25.3 Å². The zero-order valence-electron chi connectivity index (χ0n) is 11.9. The van der Waals surface area contributed by atoms with Gasteiger partial charge in [-0.05, 0) is 19.9 Å². The first-order valence-electron chi connectivity index (χ1n) is 6.51. The Morgan fingerprint density at radius 3 is 2.95 bits per heavy atom. The van der Waals surface area contributed by atoms with Gasteiger partial charge in [-0.3, -0.25) is 10.1 Å². The molecule has 1 aromatic rings. The Hall–Kier alpha value is -1.73. The molecular formula is C13H19N3O4. The quantitative estimate of drug-likeness (QED) is 0.615. The van der Waals surface area contributed by atoms with Crippen molar-refractivity contribution in [3.05, 3.63) is 27.9 Å². The van der Waals surface area contributed by atoms with Gasteiger partial charge in [0.1, 0.15) is 12.0 Å². The largest absolute Gasteiger partial charge is 0.382 e. The fourth-order valence-electron chi connectivity index (χ4n) is 2.41. The van der Waals surface area contributed by atoms with Crippen LogP contribution in [0.2, 0.25) is 0 Å². The van der Waals surface area contributed by atoms with E-state index in [2.05, 4.69) is 9.88 Å². The van der Waals surface area contributed by atoms with E-state index in [-0.39, 0.29) is 17.9 Å². The van der Waals surface area contributed by atoms with Crippen LogP contribution in [0.1, 0.15) is 12.5 Å². The molecule has 2 unspecified atom stereocenters. The molecule has 0 amide bonds. The van der Waals surface area contributed by atoms with Gasteiger partial charge in [0, 0.05) is 25.8 Å². The second-order valence-corrected chi connectivity index (χ2v) is 5.02. The lowest BCUT2D eigenvalue weighted by molar-refractivity contribution is -0.385. The first-order valence-corrected chi connectivity index (χ1v) is 6.51. The molecule has 7 heteroatoms. The normalized spacial score (nSPS) is 22.9. The number of anilines is 1. The van der Waals surface area contributed by atoms with Gasteiger partial charge in [0.05, 0.1) is 23.7 Å². The Bertz CT molecular complexity index is 495. The number of pyridine rings is 1. The molecule has 0 spiro atoms. The highest BCUT2D eigenvalue weighted by Crippen LogP contribution is 2.24. The van der Waals surface area contributed by atoms with Gasteiger partial charge in [0.15, 0.2) is 0 Å². The molecule has 110 valence electrons. The minimum atomic E-state index is -0.415. The van der Waals surface area contributed by atoms with Crippen molar-refractivity contribution in [3.63, 3.8) is 0 Å². The monoisotopic (exact) mass is 281 g/mol. The number of methoxy groups -OCH3 is 1. The topological polar surface area (TPSA) is 77.7 Å². The number of morpholine rings is 1. The molecule has 2 heterocycles. The average Bonchev–Trinajstić information content (AvgIpc) is 2.37. The summed E-state index contributed by atoms with van der Waals surface area (Å²) >= 11 is 0. The Morgan fingerprint density at radius 2 is 2.35 bits per heavy atom. The van der Waals surface area contributed by atoms with Gasteiger partial charge in [0.2, 0.25) is 0 Å². The van der Waals surface area contributed by atoms with Gasteiger partial charge in [-0.25, -0.2) is 4.98 Å². The molecule has 1 aliphatic heterocycles. The van der Waals surface area contributed by atoms with E-state index >= 15 is 0 Å². The van der Waals surface area contributed by atoms with Crippen LogP contribution in [0.3, 0.4) is 0 Å². The third-order valence-electron chi connectivity index (χ3n) is 3.27. The third-order valence-corrected chi connectivity index (χ3v) is 3.27. The van der Waals surface area contributed by atoms with Crippen LogP contribution in [0.25, 0.3) is 0 Å². The van der Waals surface area contributed by atoms with E-state index in [4.69, 9.17) is 9.47 Å². The van der Waals surface area contributed by atoms with Crippen LogP contribution in [-0.2, 0) is 9.47 Å². The van der Waals surface area contributed by atoms with Gasteiger partial charge in [-0.15, -0.1) is 0 Å². The summed E-state index contributed by atoms with van der Waals surface area (Å²) in [4.78, 5) is 16.7. The van der Waals surface area contributed by atoms with Crippen molar-refractivity contribution >= 4 is 11.5 Å². The number of ether oxygens (including phenoxy) is 2. The Kier molecular flexibility index (Phi) is 4.51. The van der Waals surface area contributed by atoms with Gasteiger partial charge >= 0.3 is 0 Å². The van der Waals surface area contributed by atoms with Crippen LogP contribution in [0.4, 0.5) is 11.5 Å². The van der Waals surface area contributed by atoms with Crippen LogP contribution < -0.4 is 4.90 Å². The van der Waals surface area contributed by atoms with Crippen molar-refractivity contribution in [3.8, 4) is 0 Å². The standard InChI is InChI=1S/C13H19N3O4/c1-9-4-13(14-5-12(9)16(17)18)15-6-10(2)20-11(7-15)8-19-3/h4-5,10-11H,6-8H2,1-3H3. The molecule has 2 rings (SSSR count). The van der Waals surface area contributed by atoms with Crippen LogP contribution in [0.15, 0.2) is 12.3 Å². The summed E-state index contributed by atoms with van der Waals surface area (Å²) in [6.45, 7) is 5.62. The molecule has 0 saturated carbocycles. The predicted octanol–water partition coefficient (Wildman–Crippen LogP) is 1.54. The Labute approximate surface area is 117 Å². The lowest BCUT2D eigenvalue weighted by Gasteiger charge is -2.37. The zero-order valence-corrected chi connectivity index (χ0v) is 11.9. The van der Waals surface area contributed by atoms with Crippen LogP contribution >= 0.6 is 0 Å². The Morgan fingerprint density at radius 1 is 1.60 bits per heavy atom. The van der Waals surface area contributed by atoms with E-state index in [0.717, 1.165) is 5.82 Å². The number of nitro groups is 1. The van der Waals surface area contributed by atoms with E-state index < -0.39 is 4.92 Å². The smallest absolute Gasteiger partial charge is 0.290 e. The summed E-state index contributed by atoms with van der Waals surface area (Å²) in [5.74, 6) is 0.740. The second-order valence-electron chi connectivity index (χ2n) is 5.02. The van der Waals surface area contributed by atoms with Gasteiger partial charge < -0.3 is 14.4 Å². The summed E-state index contributed by atoms with van der Waals surface area (Å²) < 4.78 is 10.9. The van der Waals surface area contributed by atoms with Gasteiger partial charge in [-0.2, -0.15) is 0 Å². The van der Waals surface area contributed by atoms with E-state index in [1.54, 1.807) is 20.1 Å². The average molecular weight is 281 g/mol. The highest BCUT2D eigenvalue weighted by atomic mass is 16.6. The highest BCUT2D eigenvalue weighted by Gasteiger charge is 2.26. The number of nitrogens with zero attached hydrogens (tertiary/aromatic N) is 3. The number of hydrogen-bond donors (Lipinski definition) is 0. The minimum Gasteiger partial charge on any atom is -0.382 e. The molecule has 20 heavy (non-hydrogen) atoms. The van der Waals surface area contributed by atoms with Crippen molar-refractivity contribution in [2.24, 2.45) is 0 Å². The molecule has 7 nitrogen and oxygen atoms in total. The van der Waals surface area contributed by atoms with Gasteiger partial charge in [-0.1, -0.05) is 0 Å². The summed E-state index contributed by atoms with van der Waals surface area (Å²) in [5, 5.41) is 10.8. The lowest BCUT2D eigenvalue weighted by Crippen LogP contribution is -2.48. The highest BCUT2D eigenvalue weighted by molar-refractivity contribution is 5.49. The number of aryl methyl sites for hydroxylation is 1. The minimum absolute atomic E-state index is 0.0129. The molecule has 0 bridgehead atoms.